The molecule has 1 aliphatic carbocycles. The fraction of sp³-hybridized carbons (Fsp3) is 0.600. The number of hydrogen-bond acceptors (Lipinski definition) is 3. The number of ether oxygens (including phenoxy) is 2. The Labute approximate surface area is 108 Å². The highest BCUT2D eigenvalue weighted by Crippen LogP contribution is 2.37. The molecule has 1 aliphatic heterocycles. The van der Waals surface area contributed by atoms with E-state index in [1.807, 2.05) is 18.2 Å². The van der Waals surface area contributed by atoms with Crippen LogP contribution in [-0.2, 0) is 0 Å². The van der Waals surface area contributed by atoms with Gasteiger partial charge in [-0.25, -0.2) is 0 Å². The normalized spacial score (nSPS) is 20.3. The summed E-state index contributed by atoms with van der Waals surface area (Å²) in [5, 5.41) is 10.2. The van der Waals surface area contributed by atoms with Gasteiger partial charge >= 0.3 is 0 Å². The average molecular weight is 248 g/mol. The smallest absolute Gasteiger partial charge is 0.161 e. The Balaban J connectivity index is 1.69. The molecule has 0 radical (unpaired) electrons. The quantitative estimate of drug-likeness (QED) is 0.890. The molecule has 1 aromatic rings. The summed E-state index contributed by atoms with van der Waals surface area (Å²) in [6.07, 6.45) is 5.21. The van der Waals surface area contributed by atoms with Gasteiger partial charge in [0.05, 0.1) is 19.3 Å². The number of fused-ring (bicyclic) bond motifs is 1. The molecule has 98 valence electrons. The molecule has 1 unspecified atom stereocenters. The standard InChI is InChI=1S/C15H20O3/c16-13(6-4-11-2-3-11)12-5-7-14-15(10-12)18-9-1-8-17-14/h5,7,10-11,13,16H,1-4,6,8-9H2. The zero-order valence-corrected chi connectivity index (χ0v) is 10.6. The molecule has 1 saturated carbocycles. The highest BCUT2D eigenvalue weighted by molar-refractivity contribution is 5.44. The van der Waals surface area contributed by atoms with Crippen LogP contribution in [0.3, 0.4) is 0 Å². The first-order chi connectivity index (χ1) is 8.83. The van der Waals surface area contributed by atoms with Crippen molar-refractivity contribution < 1.29 is 14.6 Å². The third-order valence-electron chi connectivity index (χ3n) is 3.70. The van der Waals surface area contributed by atoms with Gasteiger partial charge in [0.2, 0.25) is 0 Å². The second kappa shape index (κ2) is 5.19. The summed E-state index contributed by atoms with van der Waals surface area (Å²) in [5.74, 6) is 2.43. The number of hydrogen-bond donors (Lipinski definition) is 1. The van der Waals surface area contributed by atoms with Gasteiger partial charge in [-0.3, -0.25) is 0 Å². The number of benzene rings is 1. The van der Waals surface area contributed by atoms with Crippen LogP contribution in [0.5, 0.6) is 11.5 Å². The summed E-state index contributed by atoms with van der Waals surface area (Å²) in [7, 11) is 0. The fourth-order valence-corrected chi connectivity index (χ4v) is 2.35. The van der Waals surface area contributed by atoms with Gasteiger partial charge in [0.15, 0.2) is 11.5 Å². The molecule has 1 N–H and O–H groups in total. The van der Waals surface area contributed by atoms with E-state index >= 15 is 0 Å². The molecule has 3 nitrogen and oxygen atoms in total. The summed E-state index contributed by atoms with van der Waals surface area (Å²) in [6.45, 7) is 1.39. The van der Waals surface area contributed by atoms with Crippen molar-refractivity contribution in [1.82, 2.24) is 0 Å². The van der Waals surface area contributed by atoms with Gasteiger partial charge in [0.1, 0.15) is 0 Å². The highest BCUT2D eigenvalue weighted by atomic mass is 16.5. The van der Waals surface area contributed by atoms with Crippen LogP contribution in [0.25, 0.3) is 0 Å². The number of aliphatic hydroxyl groups excluding tert-OH is 1. The third-order valence-corrected chi connectivity index (χ3v) is 3.70. The minimum absolute atomic E-state index is 0.372. The predicted molar refractivity (Wildman–Crippen MR) is 69.0 cm³/mol. The van der Waals surface area contributed by atoms with Crippen LogP contribution in [-0.4, -0.2) is 18.3 Å². The molecule has 0 spiro atoms. The average Bonchev–Trinajstić information content (AvgIpc) is 3.21. The maximum absolute atomic E-state index is 10.2. The molecule has 1 heterocycles. The summed E-state index contributed by atoms with van der Waals surface area (Å²) < 4.78 is 11.2. The van der Waals surface area contributed by atoms with Gasteiger partial charge in [-0.05, 0) is 36.5 Å². The minimum Gasteiger partial charge on any atom is -0.490 e. The van der Waals surface area contributed by atoms with E-state index in [1.54, 1.807) is 0 Å². The molecule has 3 heteroatoms. The van der Waals surface area contributed by atoms with Gasteiger partial charge < -0.3 is 14.6 Å². The van der Waals surface area contributed by atoms with Gasteiger partial charge in [0, 0.05) is 6.42 Å². The van der Waals surface area contributed by atoms with E-state index in [2.05, 4.69) is 0 Å². The van der Waals surface area contributed by atoms with Crippen LogP contribution in [0.1, 0.15) is 43.8 Å². The Morgan fingerprint density at radius 3 is 2.72 bits per heavy atom. The second-order valence-electron chi connectivity index (χ2n) is 5.29. The van der Waals surface area contributed by atoms with Crippen molar-refractivity contribution in [3.05, 3.63) is 23.8 Å². The lowest BCUT2D eigenvalue weighted by Crippen LogP contribution is -2.00. The van der Waals surface area contributed by atoms with Gasteiger partial charge in [-0.2, -0.15) is 0 Å². The highest BCUT2D eigenvalue weighted by Gasteiger charge is 2.23. The van der Waals surface area contributed by atoms with E-state index in [1.165, 1.54) is 12.8 Å². The van der Waals surface area contributed by atoms with E-state index in [4.69, 9.17) is 9.47 Å². The maximum Gasteiger partial charge on any atom is 0.161 e. The van der Waals surface area contributed by atoms with Crippen molar-refractivity contribution in [3.8, 4) is 11.5 Å². The molecule has 2 aliphatic rings. The zero-order chi connectivity index (χ0) is 12.4. The van der Waals surface area contributed by atoms with E-state index in [0.717, 1.165) is 42.2 Å². The van der Waals surface area contributed by atoms with E-state index < -0.39 is 0 Å². The van der Waals surface area contributed by atoms with Crippen LogP contribution in [0.2, 0.25) is 0 Å². The SMILES string of the molecule is OC(CCC1CC1)c1ccc2c(c1)OCCCO2. The van der Waals surface area contributed by atoms with Crippen LogP contribution in [0, 0.1) is 5.92 Å². The van der Waals surface area contributed by atoms with Gasteiger partial charge in [-0.15, -0.1) is 0 Å². The first-order valence-electron chi connectivity index (χ1n) is 6.90. The predicted octanol–water partition coefficient (Wildman–Crippen LogP) is 3.07. The Morgan fingerprint density at radius 1 is 1.17 bits per heavy atom. The lowest BCUT2D eigenvalue weighted by atomic mass is 10.0. The van der Waals surface area contributed by atoms with Gasteiger partial charge in [0.25, 0.3) is 0 Å². The van der Waals surface area contributed by atoms with Crippen molar-refractivity contribution in [2.45, 2.75) is 38.2 Å². The first kappa shape index (κ1) is 11.8. The van der Waals surface area contributed by atoms with Crippen molar-refractivity contribution in [2.75, 3.05) is 13.2 Å². The molecule has 18 heavy (non-hydrogen) atoms. The molecular formula is C15H20O3. The fourth-order valence-electron chi connectivity index (χ4n) is 2.35. The molecular weight excluding hydrogens is 228 g/mol. The molecule has 1 aromatic carbocycles. The molecule has 0 amide bonds. The monoisotopic (exact) mass is 248 g/mol. The maximum atomic E-state index is 10.2. The third kappa shape index (κ3) is 2.78. The van der Waals surface area contributed by atoms with Crippen molar-refractivity contribution in [1.29, 1.82) is 0 Å². The molecule has 0 bridgehead atoms. The van der Waals surface area contributed by atoms with E-state index in [-0.39, 0.29) is 6.10 Å². The largest absolute Gasteiger partial charge is 0.490 e. The van der Waals surface area contributed by atoms with Gasteiger partial charge in [-0.1, -0.05) is 18.9 Å². The lowest BCUT2D eigenvalue weighted by molar-refractivity contribution is 0.161. The molecule has 0 saturated heterocycles. The van der Waals surface area contributed by atoms with Crippen LogP contribution < -0.4 is 9.47 Å². The van der Waals surface area contributed by atoms with Crippen LogP contribution in [0.15, 0.2) is 18.2 Å². The number of rotatable bonds is 4. The number of aliphatic hydroxyl groups is 1. The topological polar surface area (TPSA) is 38.7 Å². The minimum atomic E-state index is -0.372. The Hall–Kier alpha value is -1.22. The molecule has 1 atom stereocenters. The summed E-state index contributed by atoms with van der Waals surface area (Å²) in [6, 6.07) is 5.79. The Bertz CT molecular complexity index is 412. The summed E-state index contributed by atoms with van der Waals surface area (Å²) >= 11 is 0. The summed E-state index contributed by atoms with van der Waals surface area (Å²) in [5.41, 5.74) is 0.944. The zero-order valence-electron chi connectivity index (χ0n) is 10.6. The summed E-state index contributed by atoms with van der Waals surface area (Å²) in [4.78, 5) is 0. The Morgan fingerprint density at radius 2 is 1.94 bits per heavy atom. The molecule has 3 rings (SSSR count). The van der Waals surface area contributed by atoms with Crippen LogP contribution in [0.4, 0.5) is 0 Å². The van der Waals surface area contributed by atoms with E-state index in [9.17, 15) is 5.11 Å². The van der Waals surface area contributed by atoms with Crippen molar-refractivity contribution in [2.24, 2.45) is 5.92 Å². The first-order valence-corrected chi connectivity index (χ1v) is 6.90. The molecule has 1 fully saturated rings. The van der Waals surface area contributed by atoms with Crippen LogP contribution >= 0.6 is 0 Å². The van der Waals surface area contributed by atoms with Crippen molar-refractivity contribution in [3.63, 3.8) is 0 Å². The van der Waals surface area contributed by atoms with Crippen molar-refractivity contribution >= 4 is 0 Å². The van der Waals surface area contributed by atoms with E-state index in [0.29, 0.717) is 13.2 Å². The second-order valence-corrected chi connectivity index (χ2v) is 5.29. The Kier molecular flexibility index (Phi) is 3.41. The lowest BCUT2D eigenvalue weighted by Gasteiger charge is -2.13. The molecule has 0 aromatic heterocycles.